The molecule has 1 amide bonds. The van der Waals surface area contributed by atoms with E-state index in [1.807, 2.05) is 43.4 Å². The highest BCUT2D eigenvalue weighted by molar-refractivity contribution is 5.94. The Balaban J connectivity index is 1.98. The van der Waals surface area contributed by atoms with Gasteiger partial charge in [0.2, 0.25) is 5.91 Å². The number of anilines is 1. The normalized spacial score (nSPS) is 15.8. The number of nitrogens with zero attached hydrogens (tertiary/aromatic N) is 1. The minimum atomic E-state index is -0.249. The lowest BCUT2D eigenvalue weighted by molar-refractivity contribution is -0.118. The second-order valence-corrected chi connectivity index (χ2v) is 5.91. The first-order valence-corrected chi connectivity index (χ1v) is 7.89. The van der Waals surface area contributed by atoms with Crippen molar-refractivity contribution in [3.8, 4) is 5.75 Å². The predicted octanol–water partition coefficient (Wildman–Crippen LogP) is 3.04. The maximum Gasteiger partial charge on any atom is 0.226 e. The standard InChI is InChI=1S/C19H22N2O2/c1-21-16-11-10-14(12-13(16)6-5-9-18(21)22)19(20)15-7-3-4-8-17(15)23-2/h3-4,7-8,10-12,19H,5-6,9,20H2,1-2H3. The second-order valence-electron chi connectivity index (χ2n) is 5.91. The number of para-hydroxylation sites is 1. The van der Waals surface area contributed by atoms with Gasteiger partial charge in [0.15, 0.2) is 0 Å². The van der Waals surface area contributed by atoms with Crippen LogP contribution in [0.15, 0.2) is 42.5 Å². The van der Waals surface area contributed by atoms with Gasteiger partial charge in [-0.3, -0.25) is 4.79 Å². The number of fused-ring (bicyclic) bond motifs is 1. The Kier molecular flexibility index (Phi) is 4.35. The molecule has 120 valence electrons. The smallest absolute Gasteiger partial charge is 0.226 e. The van der Waals surface area contributed by atoms with E-state index in [1.54, 1.807) is 12.0 Å². The van der Waals surface area contributed by atoms with E-state index in [0.717, 1.165) is 35.4 Å². The fraction of sp³-hybridized carbons (Fsp3) is 0.316. The maximum atomic E-state index is 12.0. The third kappa shape index (κ3) is 2.94. The first-order valence-electron chi connectivity index (χ1n) is 7.89. The number of carbonyl (C=O) groups is 1. The summed E-state index contributed by atoms with van der Waals surface area (Å²) in [7, 11) is 3.50. The maximum absolute atomic E-state index is 12.0. The Morgan fingerprint density at radius 1 is 1.17 bits per heavy atom. The molecule has 23 heavy (non-hydrogen) atoms. The first-order chi connectivity index (χ1) is 11.1. The van der Waals surface area contributed by atoms with Crippen LogP contribution < -0.4 is 15.4 Å². The largest absolute Gasteiger partial charge is 0.496 e. The van der Waals surface area contributed by atoms with E-state index < -0.39 is 0 Å². The predicted molar refractivity (Wildman–Crippen MR) is 91.8 cm³/mol. The molecule has 1 aliphatic heterocycles. The van der Waals surface area contributed by atoms with Crippen LogP contribution in [0.3, 0.4) is 0 Å². The molecule has 1 aliphatic rings. The average Bonchev–Trinajstić information content (AvgIpc) is 2.73. The average molecular weight is 310 g/mol. The molecule has 1 atom stereocenters. The van der Waals surface area contributed by atoms with Gasteiger partial charge in [0.05, 0.1) is 13.2 Å². The zero-order valence-electron chi connectivity index (χ0n) is 13.6. The lowest BCUT2D eigenvalue weighted by Gasteiger charge is -2.21. The summed E-state index contributed by atoms with van der Waals surface area (Å²) >= 11 is 0. The Morgan fingerprint density at radius 2 is 1.96 bits per heavy atom. The minimum Gasteiger partial charge on any atom is -0.496 e. The molecule has 0 fully saturated rings. The summed E-state index contributed by atoms with van der Waals surface area (Å²) in [5.41, 5.74) is 10.6. The fourth-order valence-electron chi connectivity index (χ4n) is 3.16. The van der Waals surface area contributed by atoms with Gasteiger partial charge in [0.1, 0.15) is 5.75 Å². The molecule has 0 aromatic heterocycles. The number of aryl methyl sites for hydroxylation is 1. The zero-order valence-corrected chi connectivity index (χ0v) is 13.6. The Morgan fingerprint density at radius 3 is 2.74 bits per heavy atom. The van der Waals surface area contributed by atoms with E-state index in [1.165, 1.54) is 5.56 Å². The topological polar surface area (TPSA) is 55.6 Å². The van der Waals surface area contributed by atoms with Gasteiger partial charge in [-0.15, -0.1) is 0 Å². The van der Waals surface area contributed by atoms with Crippen LogP contribution in [0.2, 0.25) is 0 Å². The molecule has 3 rings (SSSR count). The minimum absolute atomic E-state index is 0.172. The van der Waals surface area contributed by atoms with Crippen LogP contribution in [0.25, 0.3) is 0 Å². The number of hydrogen-bond donors (Lipinski definition) is 1. The third-order valence-electron chi connectivity index (χ3n) is 4.51. The van der Waals surface area contributed by atoms with Gasteiger partial charge >= 0.3 is 0 Å². The summed E-state index contributed by atoms with van der Waals surface area (Å²) in [5, 5.41) is 0. The quantitative estimate of drug-likeness (QED) is 0.948. The first kappa shape index (κ1) is 15.6. The van der Waals surface area contributed by atoms with Crippen molar-refractivity contribution >= 4 is 11.6 Å². The lowest BCUT2D eigenvalue weighted by Crippen LogP contribution is -2.25. The number of ether oxygens (including phenoxy) is 1. The van der Waals surface area contributed by atoms with Crippen molar-refractivity contribution in [3.05, 3.63) is 59.2 Å². The molecule has 2 aromatic rings. The molecular weight excluding hydrogens is 288 g/mol. The summed E-state index contributed by atoms with van der Waals surface area (Å²) in [4.78, 5) is 13.7. The van der Waals surface area contributed by atoms with Gasteiger partial charge in [0, 0.05) is 24.7 Å². The van der Waals surface area contributed by atoms with Crippen molar-refractivity contribution in [2.24, 2.45) is 5.73 Å². The third-order valence-corrected chi connectivity index (χ3v) is 4.51. The molecule has 4 nitrogen and oxygen atoms in total. The summed E-state index contributed by atoms with van der Waals surface area (Å²) in [6.07, 6.45) is 2.38. The van der Waals surface area contributed by atoms with Crippen molar-refractivity contribution in [2.45, 2.75) is 25.3 Å². The highest BCUT2D eigenvalue weighted by Gasteiger charge is 2.21. The fourth-order valence-corrected chi connectivity index (χ4v) is 3.16. The highest BCUT2D eigenvalue weighted by atomic mass is 16.5. The van der Waals surface area contributed by atoms with E-state index >= 15 is 0 Å². The lowest BCUT2D eigenvalue weighted by atomic mass is 9.95. The van der Waals surface area contributed by atoms with Gasteiger partial charge < -0.3 is 15.4 Å². The van der Waals surface area contributed by atoms with Crippen molar-refractivity contribution in [1.82, 2.24) is 0 Å². The molecular formula is C19H22N2O2. The molecule has 0 bridgehead atoms. The van der Waals surface area contributed by atoms with Crippen LogP contribution in [0.1, 0.15) is 35.6 Å². The van der Waals surface area contributed by atoms with Gasteiger partial charge in [-0.1, -0.05) is 30.3 Å². The van der Waals surface area contributed by atoms with Crippen molar-refractivity contribution in [3.63, 3.8) is 0 Å². The van der Waals surface area contributed by atoms with Gasteiger partial charge in [-0.05, 0) is 36.1 Å². The van der Waals surface area contributed by atoms with Crippen LogP contribution >= 0.6 is 0 Å². The SMILES string of the molecule is COc1ccccc1C(N)c1ccc2c(c1)CCCC(=O)N2C. The van der Waals surface area contributed by atoms with Gasteiger partial charge in [0.25, 0.3) is 0 Å². The monoisotopic (exact) mass is 310 g/mol. The molecule has 0 spiro atoms. The van der Waals surface area contributed by atoms with E-state index in [-0.39, 0.29) is 11.9 Å². The summed E-state index contributed by atoms with van der Waals surface area (Å²) < 4.78 is 5.42. The summed E-state index contributed by atoms with van der Waals surface area (Å²) in [6.45, 7) is 0. The van der Waals surface area contributed by atoms with E-state index in [4.69, 9.17) is 10.5 Å². The number of rotatable bonds is 3. The zero-order chi connectivity index (χ0) is 16.4. The highest BCUT2D eigenvalue weighted by Crippen LogP contribution is 2.32. The number of nitrogens with two attached hydrogens (primary N) is 1. The molecule has 1 heterocycles. The van der Waals surface area contributed by atoms with Gasteiger partial charge in [-0.2, -0.15) is 0 Å². The Bertz CT molecular complexity index is 727. The number of methoxy groups -OCH3 is 1. The van der Waals surface area contributed by atoms with Crippen LogP contribution in [0.5, 0.6) is 5.75 Å². The molecule has 2 aromatic carbocycles. The van der Waals surface area contributed by atoms with Gasteiger partial charge in [-0.25, -0.2) is 0 Å². The number of carbonyl (C=O) groups excluding carboxylic acids is 1. The second kappa shape index (κ2) is 6.42. The van der Waals surface area contributed by atoms with Crippen molar-refractivity contribution in [2.75, 3.05) is 19.1 Å². The Labute approximate surface area is 136 Å². The Hall–Kier alpha value is -2.33. The van der Waals surface area contributed by atoms with E-state index in [0.29, 0.717) is 6.42 Å². The molecule has 0 saturated heterocycles. The summed E-state index contributed by atoms with van der Waals surface area (Å²) in [6, 6.07) is 13.7. The molecule has 0 radical (unpaired) electrons. The van der Waals surface area contributed by atoms with Crippen LogP contribution in [-0.4, -0.2) is 20.1 Å². The van der Waals surface area contributed by atoms with Crippen LogP contribution in [0, 0.1) is 0 Å². The summed E-state index contributed by atoms with van der Waals surface area (Å²) in [5.74, 6) is 0.966. The number of amides is 1. The van der Waals surface area contributed by atoms with Crippen LogP contribution in [0.4, 0.5) is 5.69 Å². The van der Waals surface area contributed by atoms with E-state index in [2.05, 4.69) is 6.07 Å². The molecule has 0 aliphatic carbocycles. The van der Waals surface area contributed by atoms with Crippen molar-refractivity contribution < 1.29 is 9.53 Å². The molecule has 4 heteroatoms. The molecule has 1 unspecified atom stereocenters. The van der Waals surface area contributed by atoms with Crippen molar-refractivity contribution in [1.29, 1.82) is 0 Å². The number of hydrogen-bond acceptors (Lipinski definition) is 3. The molecule has 2 N–H and O–H groups in total. The van der Waals surface area contributed by atoms with E-state index in [9.17, 15) is 4.79 Å². The molecule has 0 saturated carbocycles. The number of benzene rings is 2. The van der Waals surface area contributed by atoms with Crippen LogP contribution in [-0.2, 0) is 11.2 Å².